The van der Waals surface area contributed by atoms with E-state index in [0.29, 0.717) is 0 Å². The molecule has 3 rings (SSSR count). The van der Waals surface area contributed by atoms with Gasteiger partial charge in [-0.2, -0.15) is 0 Å². The van der Waals surface area contributed by atoms with Crippen molar-refractivity contribution in [2.75, 3.05) is 7.11 Å². The van der Waals surface area contributed by atoms with Crippen LogP contribution in [0.2, 0.25) is 0 Å². The van der Waals surface area contributed by atoms with Crippen LogP contribution in [0.5, 0.6) is 5.75 Å². The van der Waals surface area contributed by atoms with E-state index >= 15 is 0 Å². The average Bonchev–Trinajstić information content (AvgIpc) is 2.96. The SMILES string of the molecule is COc1ccc(Cn2cnnc2Cc2ccccc2)cc1. The van der Waals surface area contributed by atoms with E-state index in [1.54, 1.807) is 13.4 Å². The van der Waals surface area contributed by atoms with Crippen LogP contribution in [0.3, 0.4) is 0 Å². The van der Waals surface area contributed by atoms with Crippen molar-refractivity contribution in [2.24, 2.45) is 0 Å². The fraction of sp³-hybridized carbons (Fsp3) is 0.176. The van der Waals surface area contributed by atoms with Crippen molar-refractivity contribution in [1.29, 1.82) is 0 Å². The molecular formula is C17H17N3O. The average molecular weight is 279 g/mol. The third-order valence-electron chi connectivity index (χ3n) is 3.41. The second-order valence-electron chi connectivity index (χ2n) is 4.89. The number of rotatable bonds is 5. The van der Waals surface area contributed by atoms with Crippen LogP contribution in [-0.4, -0.2) is 21.9 Å². The summed E-state index contributed by atoms with van der Waals surface area (Å²) in [7, 11) is 1.67. The number of nitrogens with zero attached hydrogens (tertiary/aromatic N) is 3. The quantitative estimate of drug-likeness (QED) is 0.721. The lowest BCUT2D eigenvalue weighted by Gasteiger charge is -2.07. The molecule has 0 aliphatic rings. The van der Waals surface area contributed by atoms with E-state index in [0.717, 1.165) is 24.5 Å². The second kappa shape index (κ2) is 6.22. The lowest BCUT2D eigenvalue weighted by molar-refractivity contribution is 0.414. The molecule has 21 heavy (non-hydrogen) atoms. The molecule has 0 saturated carbocycles. The van der Waals surface area contributed by atoms with Gasteiger partial charge in [-0.1, -0.05) is 42.5 Å². The van der Waals surface area contributed by atoms with Crippen molar-refractivity contribution in [1.82, 2.24) is 14.8 Å². The Bertz CT molecular complexity index is 690. The van der Waals surface area contributed by atoms with E-state index in [-0.39, 0.29) is 0 Å². The van der Waals surface area contributed by atoms with Gasteiger partial charge in [-0.05, 0) is 23.3 Å². The molecule has 0 fully saturated rings. The van der Waals surface area contributed by atoms with Crippen LogP contribution >= 0.6 is 0 Å². The van der Waals surface area contributed by atoms with Crippen LogP contribution in [0.25, 0.3) is 0 Å². The zero-order chi connectivity index (χ0) is 14.5. The molecule has 1 aromatic heterocycles. The maximum Gasteiger partial charge on any atom is 0.137 e. The monoisotopic (exact) mass is 279 g/mol. The molecule has 0 bridgehead atoms. The van der Waals surface area contributed by atoms with E-state index in [4.69, 9.17) is 4.74 Å². The van der Waals surface area contributed by atoms with Gasteiger partial charge in [-0.15, -0.1) is 10.2 Å². The third-order valence-corrected chi connectivity index (χ3v) is 3.41. The van der Waals surface area contributed by atoms with Crippen LogP contribution in [0, 0.1) is 0 Å². The molecule has 0 spiro atoms. The summed E-state index contributed by atoms with van der Waals surface area (Å²) in [6.07, 6.45) is 2.57. The molecule has 0 atom stereocenters. The van der Waals surface area contributed by atoms with Gasteiger partial charge < -0.3 is 9.30 Å². The highest BCUT2D eigenvalue weighted by atomic mass is 16.5. The lowest BCUT2D eigenvalue weighted by Crippen LogP contribution is -2.05. The summed E-state index contributed by atoms with van der Waals surface area (Å²) in [6.45, 7) is 0.763. The van der Waals surface area contributed by atoms with E-state index in [1.165, 1.54) is 11.1 Å². The summed E-state index contributed by atoms with van der Waals surface area (Å²) in [5, 5.41) is 8.27. The Labute approximate surface area is 124 Å². The predicted molar refractivity (Wildman–Crippen MR) is 81.4 cm³/mol. The third kappa shape index (κ3) is 3.28. The topological polar surface area (TPSA) is 39.9 Å². The van der Waals surface area contributed by atoms with E-state index in [9.17, 15) is 0 Å². The highest BCUT2D eigenvalue weighted by Gasteiger charge is 2.06. The Hall–Kier alpha value is -2.62. The van der Waals surface area contributed by atoms with Crippen molar-refractivity contribution in [3.8, 4) is 5.75 Å². The number of hydrogen-bond donors (Lipinski definition) is 0. The molecule has 4 heteroatoms. The van der Waals surface area contributed by atoms with Gasteiger partial charge in [0.2, 0.25) is 0 Å². The minimum atomic E-state index is 0.763. The molecule has 0 unspecified atom stereocenters. The Morgan fingerprint density at radius 1 is 0.952 bits per heavy atom. The Kier molecular flexibility index (Phi) is 3.96. The molecule has 0 N–H and O–H groups in total. The zero-order valence-corrected chi connectivity index (χ0v) is 11.9. The number of ether oxygens (including phenoxy) is 1. The molecule has 4 nitrogen and oxygen atoms in total. The van der Waals surface area contributed by atoms with Crippen molar-refractivity contribution >= 4 is 0 Å². The maximum absolute atomic E-state index is 5.18. The summed E-state index contributed by atoms with van der Waals surface area (Å²) in [5.41, 5.74) is 2.44. The summed E-state index contributed by atoms with van der Waals surface area (Å²) in [5.74, 6) is 1.84. The summed E-state index contributed by atoms with van der Waals surface area (Å²) < 4.78 is 7.25. The molecule has 0 saturated heterocycles. The van der Waals surface area contributed by atoms with Gasteiger partial charge in [-0.3, -0.25) is 0 Å². The normalized spacial score (nSPS) is 10.5. The van der Waals surface area contributed by atoms with Gasteiger partial charge in [0, 0.05) is 6.42 Å². The van der Waals surface area contributed by atoms with Gasteiger partial charge >= 0.3 is 0 Å². The van der Waals surface area contributed by atoms with E-state index in [1.807, 2.05) is 30.3 Å². The number of hydrogen-bond acceptors (Lipinski definition) is 3. The summed E-state index contributed by atoms with van der Waals surface area (Å²) >= 11 is 0. The minimum Gasteiger partial charge on any atom is -0.497 e. The van der Waals surface area contributed by atoms with Crippen molar-refractivity contribution in [2.45, 2.75) is 13.0 Å². The molecule has 0 amide bonds. The fourth-order valence-electron chi connectivity index (χ4n) is 2.25. The standard InChI is InChI=1S/C17H17N3O/c1-21-16-9-7-15(8-10-16)12-20-13-18-19-17(20)11-14-5-3-2-4-6-14/h2-10,13H,11-12H2,1H3. The fourth-order valence-corrected chi connectivity index (χ4v) is 2.25. The minimum absolute atomic E-state index is 0.763. The smallest absolute Gasteiger partial charge is 0.137 e. The van der Waals surface area contributed by atoms with Gasteiger partial charge in [-0.25, -0.2) is 0 Å². The number of aromatic nitrogens is 3. The first-order valence-corrected chi connectivity index (χ1v) is 6.88. The van der Waals surface area contributed by atoms with Crippen LogP contribution in [-0.2, 0) is 13.0 Å². The second-order valence-corrected chi connectivity index (χ2v) is 4.89. The van der Waals surface area contributed by atoms with Gasteiger partial charge in [0.15, 0.2) is 0 Å². The van der Waals surface area contributed by atoms with Crippen LogP contribution in [0.4, 0.5) is 0 Å². The summed E-state index contributed by atoms with van der Waals surface area (Å²) in [6, 6.07) is 18.4. The predicted octanol–water partition coefficient (Wildman–Crippen LogP) is 2.93. The Morgan fingerprint density at radius 2 is 1.71 bits per heavy atom. The van der Waals surface area contributed by atoms with Crippen molar-refractivity contribution in [3.63, 3.8) is 0 Å². The Balaban J connectivity index is 1.75. The zero-order valence-electron chi connectivity index (χ0n) is 11.9. The molecular weight excluding hydrogens is 262 g/mol. The molecule has 0 aliphatic heterocycles. The Morgan fingerprint density at radius 3 is 2.43 bits per heavy atom. The molecule has 0 aliphatic carbocycles. The first-order chi connectivity index (χ1) is 10.3. The highest BCUT2D eigenvalue weighted by molar-refractivity contribution is 5.27. The van der Waals surface area contributed by atoms with Gasteiger partial charge in [0.1, 0.15) is 17.9 Å². The van der Waals surface area contributed by atoms with Crippen LogP contribution in [0.1, 0.15) is 17.0 Å². The lowest BCUT2D eigenvalue weighted by atomic mass is 10.1. The summed E-state index contributed by atoms with van der Waals surface area (Å²) in [4.78, 5) is 0. The first-order valence-electron chi connectivity index (χ1n) is 6.88. The van der Waals surface area contributed by atoms with E-state index < -0.39 is 0 Å². The molecule has 106 valence electrons. The first kappa shape index (κ1) is 13.4. The molecule has 3 aromatic rings. The van der Waals surface area contributed by atoms with Crippen LogP contribution < -0.4 is 4.74 Å². The maximum atomic E-state index is 5.18. The van der Waals surface area contributed by atoms with Crippen LogP contribution in [0.15, 0.2) is 60.9 Å². The van der Waals surface area contributed by atoms with Gasteiger partial charge in [0.05, 0.1) is 13.7 Å². The molecule has 2 aromatic carbocycles. The molecule has 1 heterocycles. The largest absolute Gasteiger partial charge is 0.497 e. The van der Waals surface area contributed by atoms with Crippen molar-refractivity contribution in [3.05, 3.63) is 77.9 Å². The van der Waals surface area contributed by atoms with Crippen molar-refractivity contribution < 1.29 is 4.74 Å². The number of benzene rings is 2. The van der Waals surface area contributed by atoms with Gasteiger partial charge in [0.25, 0.3) is 0 Å². The highest BCUT2D eigenvalue weighted by Crippen LogP contribution is 2.14. The number of methoxy groups -OCH3 is 1. The van der Waals surface area contributed by atoms with E-state index in [2.05, 4.69) is 39.0 Å². The molecule has 0 radical (unpaired) electrons.